The van der Waals surface area contributed by atoms with E-state index in [-0.39, 0.29) is 18.4 Å². The molecule has 1 N–H and O–H groups in total. The van der Waals surface area contributed by atoms with Gasteiger partial charge in [-0.2, -0.15) is 0 Å². The first-order valence-corrected chi connectivity index (χ1v) is 14.1. The van der Waals surface area contributed by atoms with Crippen LogP contribution in [0.25, 0.3) is 0 Å². The number of aromatic nitrogens is 1. The molecule has 3 heterocycles. The lowest BCUT2D eigenvalue weighted by Gasteiger charge is -2.36. The van der Waals surface area contributed by atoms with Crippen molar-refractivity contribution in [2.24, 2.45) is 0 Å². The highest BCUT2D eigenvalue weighted by Gasteiger charge is 2.29. The third-order valence-electron chi connectivity index (χ3n) is 7.26. The Labute approximate surface area is 240 Å². The second kappa shape index (κ2) is 12.6. The Balaban J connectivity index is 0.00000308. The molecule has 39 heavy (non-hydrogen) atoms. The molecule has 0 bridgehead atoms. The number of halogens is 1. The number of carbonyl (C=O) groups is 1. The predicted octanol–water partition coefficient (Wildman–Crippen LogP) is 2.24. The van der Waals surface area contributed by atoms with Crippen LogP contribution in [0.4, 0.5) is 27.7 Å². The van der Waals surface area contributed by atoms with E-state index in [1.165, 1.54) is 15.5 Å². The molecular formula is C31H32ClN5OS. The number of carbonyl (C=O) groups excluding carboxylic acids is 1. The Morgan fingerprint density at radius 3 is 2.13 bits per heavy atom. The highest BCUT2D eigenvalue weighted by Crippen LogP contribution is 2.46. The Morgan fingerprint density at radius 2 is 1.44 bits per heavy atom. The van der Waals surface area contributed by atoms with Crippen LogP contribution in [0, 0.1) is 0 Å². The van der Waals surface area contributed by atoms with Crippen molar-refractivity contribution in [2.75, 3.05) is 49.1 Å². The molecular weight excluding hydrogens is 526 g/mol. The summed E-state index contributed by atoms with van der Waals surface area (Å²) in [4.78, 5) is 28.7. The van der Waals surface area contributed by atoms with Crippen molar-refractivity contribution in [3.63, 3.8) is 0 Å². The fourth-order valence-electron chi connectivity index (χ4n) is 5.31. The molecule has 200 valence electrons. The van der Waals surface area contributed by atoms with Gasteiger partial charge >= 0.3 is 6.03 Å². The molecule has 1 fully saturated rings. The van der Waals surface area contributed by atoms with E-state index in [1.807, 2.05) is 82.7 Å². The minimum absolute atomic E-state index is 0. The minimum atomic E-state index is 0. The Morgan fingerprint density at radius 1 is 0.821 bits per heavy atom. The van der Waals surface area contributed by atoms with Crippen molar-refractivity contribution < 1.29 is 22.1 Å². The zero-order valence-corrected chi connectivity index (χ0v) is 23.3. The van der Waals surface area contributed by atoms with Crippen molar-refractivity contribution in [1.29, 1.82) is 0 Å². The zero-order valence-electron chi connectivity index (χ0n) is 21.7. The van der Waals surface area contributed by atoms with Gasteiger partial charge in [0.05, 0.1) is 54.7 Å². The number of piperazine rings is 1. The number of para-hydroxylation sites is 3. The lowest BCUT2D eigenvalue weighted by molar-refractivity contribution is -0.904. The number of hydrogen-bond donors (Lipinski definition) is 1. The molecule has 6 nitrogen and oxygen atoms in total. The van der Waals surface area contributed by atoms with E-state index in [2.05, 4.69) is 35.2 Å². The summed E-state index contributed by atoms with van der Waals surface area (Å²) in [6.07, 6.45) is 2.95. The number of fused-ring (bicyclic) bond motifs is 2. The number of hydrogen-bond acceptors (Lipinski definition) is 4. The molecule has 8 heteroatoms. The maximum Gasteiger partial charge on any atom is 0.329 e. The average Bonchev–Trinajstić information content (AvgIpc) is 2.98. The van der Waals surface area contributed by atoms with E-state index in [1.54, 1.807) is 16.7 Å². The monoisotopic (exact) mass is 557 g/mol. The van der Waals surface area contributed by atoms with E-state index in [4.69, 9.17) is 4.98 Å². The van der Waals surface area contributed by atoms with Gasteiger partial charge in [0.2, 0.25) is 0 Å². The standard InChI is InChI=1S/C31H31N5OS.ClH/c37-31(36(25-11-3-1-4-12-25)26-13-5-2-6-14-26)34-23-21-33(22-24-34)19-10-20-35-27-15-7-8-16-28(27)38-29-17-9-18-32-30(29)35;/h1-9,11-18H,10,19-24H2;1H. The quantitative estimate of drug-likeness (QED) is 0.395. The van der Waals surface area contributed by atoms with Crippen LogP contribution in [0.1, 0.15) is 6.42 Å². The van der Waals surface area contributed by atoms with Gasteiger partial charge in [-0.1, -0.05) is 60.3 Å². The summed E-state index contributed by atoms with van der Waals surface area (Å²) >= 11 is 1.80. The number of anilines is 4. The third kappa shape index (κ3) is 5.91. The van der Waals surface area contributed by atoms with Crippen molar-refractivity contribution in [3.05, 3.63) is 103 Å². The molecule has 0 radical (unpaired) electrons. The smallest absolute Gasteiger partial charge is 0.329 e. The highest BCUT2D eigenvalue weighted by atomic mass is 35.5. The SMILES string of the molecule is O=C(N1CC[NH+](CCCN2c3ccccc3Sc3cccnc32)CC1)N(c1ccccc1)c1ccccc1.[Cl-]. The molecule has 0 atom stereocenters. The van der Waals surface area contributed by atoms with Gasteiger partial charge in [-0.15, -0.1) is 0 Å². The van der Waals surface area contributed by atoms with Crippen molar-refractivity contribution in [3.8, 4) is 0 Å². The van der Waals surface area contributed by atoms with Gasteiger partial charge in [-0.25, -0.2) is 9.78 Å². The van der Waals surface area contributed by atoms with Crippen LogP contribution < -0.4 is 27.1 Å². The molecule has 3 aromatic carbocycles. The summed E-state index contributed by atoms with van der Waals surface area (Å²) in [5.41, 5.74) is 3.04. The molecule has 2 amide bonds. The summed E-state index contributed by atoms with van der Waals surface area (Å²) in [6, 6.07) is 32.7. The van der Waals surface area contributed by atoms with Crippen LogP contribution in [-0.4, -0.2) is 55.2 Å². The van der Waals surface area contributed by atoms with E-state index in [0.717, 1.165) is 62.9 Å². The third-order valence-corrected chi connectivity index (χ3v) is 8.36. The first-order chi connectivity index (χ1) is 18.8. The normalized spacial score (nSPS) is 14.7. The van der Waals surface area contributed by atoms with Crippen LogP contribution in [0.2, 0.25) is 0 Å². The van der Waals surface area contributed by atoms with Gasteiger partial charge in [-0.3, -0.25) is 4.90 Å². The Kier molecular flexibility index (Phi) is 8.71. The van der Waals surface area contributed by atoms with Crippen molar-refractivity contribution >= 4 is 40.7 Å². The molecule has 0 saturated carbocycles. The van der Waals surface area contributed by atoms with Crippen molar-refractivity contribution in [1.82, 2.24) is 9.88 Å². The fraction of sp³-hybridized carbons (Fsp3) is 0.226. The van der Waals surface area contributed by atoms with E-state index >= 15 is 0 Å². The summed E-state index contributed by atoms with van der Waals surface area (Å²) in [7, 11) is 0. The van der Waals surface area contributed by atoms with Gasteiger partial charge in [0.15, 0.2) is 0 Å². The van der Waals surface area contributed by atoms with Gasteiger partial charge in [0.1, 0.15) is 5.82 Å². The predicted molar refractivity (Wildman–Crippen MR) is 154 cm³/mol. The van der Waals surface area contributed by atoms with Crippen LogP contribution in [0.15, 0.2) is 113 Å². The number of nitrogens with one attached hydrogen (secondary N) is 1. The van der Waals surface area contributed by atoms with E-state index < -0.39 is 0 Å². The number of pyridine rings is 1. The maximum atomic E-state index is 13.7. The molecule has 6 rings (SSSR count). The molecule has 0 aliphatic carbocycles. The van der Waals surface area contributed by atoms with E-state index in [9.17, 15) is 4.79 Å². The summed E-state index contributed by atoms with van der Waals surface area (Å²) in [5, 5.41) is 0. The molecule has 2 aliphatic heterocycles. The van der Waals surface area contributed by atoms with Gasteiger partial charge in [-0.05, 0) is 48.5 Å². The number of nitrogens with zero attached hydrogens (tertiary/aromatic N) is 4. The van der Waals surface area contributed by atoms with Gasteiger partial charge < -0.3 is 27.1 Å². The molecule has 0 spiro atoms. The second-order valence-electron chi connectivity index (χ2n) is 9.68. The number of quaternary nitrogens is 1. The Hall–Kier alpha value is -3.52. The summed E-state index contributed by atoms with van der Waals surface area (Å²) in [6.45, 7) is 5.46. The fourth-order valence-corrected chi connectivity index (χ4v) is 6.37. The number of rotatable bonds is 6. The highest BCUT2D eigenvalue weighted by molar-refractivity contribution is 7.99. The first-order valence-electron chi connectivity index (χ1n) is 13.3. The first kappa shape index (κ1) is 27.1. The molecule has 4 aromatic rings. The van der Waals surface area contributed by atoms with Gasteiger partial charge in [0, 0.05) is 24.1 Å². The van der Waals surface area contributed by atoms with E-state index in [0.29, 0.717) is 0 Å². The van der Waals surface area contributed by atoms with Crippen LogP contribution >= 0.6 is 11.8 Å². The maximum absolute atomic E-state index is 13.7. The lowest BCUT2D eigenvalue weighted by Crippen LogP contribution is -3.15. The second-order valence-corrected chi connectivity index (χ2v) is 10.8. The lowest BCUT2D eigenvalue weighted by atomic mass is 10.2. The average molecular weight is 558 g/mol. The topological polar surface area (TPSA) is 44.1 Å². The minimum Gasteiger partial charge on any atom is -1.00 e. The molecule has 1 aromatic heterocycles. The van der Waals surface area contributed by atoms with Crippen LogP contribution in [-0.2, 0) is 0 Å². The largest absolute Gasteiger partial charge is 1.00 e. The number of benzene rings is 3. The number of amides is 2. The molecule has 0 unspecified atom stereocenters. The van der Waals surface area contributed by atoms with Crippen LogP contribution in [0.5, 0.6) is 0 Å². The molecule has 1 saturated heterocycles. The molecule has 2 aliphatic rings. The Bertz CT molecular complexity index is 1300. The summed E-state index contributed by atoms with van der Waals surface area (Å²) in [5.74, 6) is 1.06. The van der Waals surface area contributed by atoms with Gasteiger partial charge in [0.25, 0.3) is 0 Å². The number of urea groups is 1. The van der Waals surface area contributed by atoms with Crippen LogP contribution in [0.3, 0.4) is 0 Å². The zero-order chi connectivity index (χ0) is 25.7. The summed E-state index contributed by atoms with van der Waals surface area (Å²) < 4.78 is 0. The van der Waals surface area contributed by atoms with Crippen molar-refractivity contribution in [2.45, 2.75) is 16.2 Å².